The molecule has 0 aliphatic rings. The molecule has 0 unspecified atom stereocenters. The first-order valence-corrected chi connectivity index (χ1v) is 6.84. The number of hydrogen-bond donors (Lipinski definition) is 0. The lowest BCUT2D eigenvalue weighted by Crippen LogP contribution is -1.95. The summed E-state index contributed by atoms with van der Waals surface area (Å²) in [4.78, 5) is 0. The second-order valence-electron chi connectivity index (χ2n) is 3.71. The minimum atomic E-state index is 0.473. The van der Waals surface area contributed by atoms with Crippen molar-refractivity contribution >= 4 is 31.9 Å². The third-order valence-corrected chi connectivity index (χ3v) is 3.25. The van der Waals surface area contributed by atoms with Crippen LogP contribution in [0.15, 0.2) is 51.4 Å². The Bertz CT molecular complexity index is 605. The molecule has 0 saturated carbocycles. The maximum Gasteiger partial charge on any atom is 0.122 e. The van der Waals surface area contributed by atoms with E-state index in [0.717, 1.165) is 14.5 Å². The summed E-state index contributed by atoms with van der Waals surface area (Å²) in [5.74, 6) is 0.681. The fourth-order valence-corrected chi connectivity index (χ4v) is 2.42. The molecule has 4 heteroatoms. The van der Waals surface area contributed by atoms with Crippen molar-refractivity contribution < 1.29 is 4.74 Å². The van der Waals surface area contributed by atoms with Gasteiger partial charge in [0.1, 0.15) is 12.4 Å². The molecule has 0 radical (unpaired) electrons. The summed E-state index contributed by atoms with van der Waals surface area (Å²) in [5, 5.41) is 8.88. The van der Waals surface area contributed by atoms with Crippen molar-refractivity contribution in [3.63, 3.8) is 0 Å². The van der Waals surface area contributed by atoms with Gasteiger partial charge in [-0.15, -0.1) is 0 Å². The molecule has 2 aromatic carbocycles. The summed E-state index contributed by atoms with van der Waals surface area (Å²) < 4.78 is 7.53. The van der Waals surface area contributed by atoms with E-state index in [1.807, 2.05) is 30.3 Å². The van der Waals surface area contributed by atoms with E-state index in [4.69, 9.17) is 10.00 Å². The molecule has 0 aromatic heterocycles. The molecule has 0 atom stereocenters. The van der Waals surface area contributed by atoms with Gasteiger partial charge < -0.3 is 4.74 Å². The van der Waals surface area contributed by atoms with Crippen LogP contribution >= 0.6 is 31.9 Å². The molecule has 0 bridgehead atoms. The number of nitriles is 1. The van der Waals surface area contributed by atoms with Gasteiger partial charge in [-0.25, -0.2) is 0 Å². The number of benzene rings is 2. The Labute approximate surface area is 122 Å². The van der Waals surface area contributed by atoms with Gasteiger partial charge in [0.2, 0.25) is 0 Å². The SMILES string of the molecule is N#Cc1cc(Br)cc(OCc2cccc(Br)c2)c1. The van der Waals surface area contributed by atoms with E-state index >= 15 is 0 Å². The van der Waals surface area contributed by atoms with Gasteiger partial charge in [0.05, 0.1) is 11.6 Å². The normalized spacial score (nSPS) is 9.83. The van der Waals surface area contributed by atoms with Crippen LogP contribution in [-0.4, -0.2) is 0 Å². The van der Waals surface area contributed by atoms with Crippen LogP contribution in [0.5, 0.6) is 5.75 Å². The van der Waals surface area contributed by atoms with Gasteiger partial charge in [0.25, 0.3) is 0 Å². The molecule has 2 aromatic rings. The molecule has 0 heterocycles. The average molecular weight is 367 g/mol. The van der Waals surface area contributed by atoms with Gasteiger partial charge in [0.15, 0.2) is 0 Å². The first-order chi connectivity index (χ1) is 8.67. The van der Waals surface area contributed by atoms with E-state index in [0.29, 0.717) is 17.9 Å². The van der Waals surface area contributed by atoms with Crippen molar-refractivity contribution in [3.05, 3.63) is 62.5 Å². The van der Waals surface area contributed by atoms with Crippen molar-refractivity contribution in [3.8, 4) is 11.8 Å². The van der Waals surface area contributed by atoms with Crippen LogP contribution in [0.25, 0.3) is 0 Å². The molecule has 0 aliphatic heterocycles. The fourth-order valence-electron chi connectivity index (χ4n) is 1.50. The first kappa shape index (κ1) is 13.1. The smallest absolute Gasteiger partial charge is 0.122 e. The average Bonchev–Trinajstić information content (AvgIpc) is 2.36. The molecule has 2 nitrogen and oxygen atoms in total. The molecule has 90 valence electrons. The van der Waals surface area contributed by atoms with E-state index < -0.39 is 0 Å². The maximum absolute atomic E-state index is 8.88. The monoisotopic (exact) mass is 365 g/mol. The summed E-state index contributed by atoms with van der Waals surface area (Å²) >= 11 is 6.77. The Balaban J connectivity index is 2.11. The zero-order chi connectivity index (χ0) is 13.0. The highest BCUT2D eigenvalue weighted by Crippen LogP contribution is 2.22. The Morgan fingerprint density at radius 1 is 1.06 bits per heavy atom. The Kier molecular flexibility index (Phi) is 4.40. The molecule has 0 aliphatic carbocycles. The summed E-state index contributed by atoms with van der Waals surface area (Å²) in [6.07, 6.45) is 0. The molecule has 0 amide bonds. The lowest BCUT2D eigenvalue weighted by molar-refractivity contribution is 0.306. The molecular weight excluding hydrogens is 358 g/mol. The summed E-state index contributed by atoms with van der Waals surface area (Å²) in [5.41, 5.74) is 1.65. The standard InChI is InChI=1S/C14H9Br2NO/c15-12-3-1-2-10(4-12)9-18-14-6-11(8-17)5-13(16)7-14/h1-7H,9H2. The summed E-state index contributed by atoms with van der Waals surface area (Å²) in [6.45, 7) is 0.473. The molecule has 0 saturated heterocycles. The maximum atomic E-state index is 8.88. The number of rotatable bonds is 3. The third kappa shape index (κ3) is 3.59. The van der Waals surface area contributed by atoms with Crippen molar-refractivity contribution in [1.29, 1.82) is 5.26 Å². The quantitative estimate of drug-likeness (QED) is 0.791. The fraction of sp³-hybridized carbons (Fsp3) is 0.0714. The topological polar surface area (TPSA) is 33.0 Å². The number of ether oxygens (including phenoxy) is 1. The van der Waals surface area contributed by atoms with Gasteiger partial charge in [-0.05, 0) is 35.9 Å². The number of hydrogen-bond acceptors (Lipinski definition) is 2. The van der Waals surface area contributed by atoms with Crippen molar-refractivity contribution in [2.45, 2.75) is 6.61 Å². The minimum Gasteiger partial charge on any atom is -0.489 e. The predicted octanol–water partition coefficient (Wildman–Crippen LogP) is 4.66. The van der Waals surface area contributed by atoms with E-state index in [9.17, 15) is 0 Å². The highest BCUT2D eigenvalue weighted by molar-refractivity contribution is 9.10. The van der Waals surface area contributed by atoms with Gasteiger partial charge in [-0.2, -0.15) is 5.26 Å². The lowest BCUT2D eigenvalue weighted by Gasteiger charge is -2.07. The zero-order valence-electron chi connectivity index (χ0n) is 9.36. The predicted molar refractivity (Wildman–Crippen MR) is 77.3 cm³/mol. The zero-order valence-corrected chi connectivity index (χ0v) is 12.5. The van der Waals surface area contributed by atoms with E-state index in [2.05, 4.69) is 37.9 Å². The molecule has 2 rings (SSSR count). The van der Waals surface area contributed by atoms with Gasteiger partial charge in [-0.3, -0.25) is 0 Å². The highest BCUT2D eigenvalue weighted by atomic mass is 79.9. The molecule has 0 N–H and O–H groups in total. The molecular formula is C14H9Br2NO. The number of halogens is 2. The van der Waals surface area contributed by atoms with Gasteiger partial charge in [-0.1, -0.05) is 44.0 Å². The summed E-state index contributed by atoms with van der Waals surface area (Å²) in [6, 6.07) is 15.4. The Morgan fingerprint density at radius 2 is 1.89 bits per heavy atom. The van der Waals surface area contributed by atoms with Crippen LogP contribution in [0.2, 0.25) is 0 Å². The van der Waals surface area contributed by atoms with Crippen molar-refractivity contribution in [1.82, 2.24) is 0 Å². The molecule has 0 fully saturated rings. The van der Waals surface area contributed by atoms with Crippen LogP contribution in [0, 0.1) is 11.3 Å². The van der Waals surface area contributed by atoms with Gasteiger partial charge in [0, 0.05) is 8.95 Å². The minimum absolute atomic E-state index is 0.473. The summed E-state index contributed by atoms with van der Waals surface area (Å²) in [7, 11) is 0. The third-order valence-electron chi connectivity index (χ3n) is 2.29. The Morgan fingerprint density at radius 3 is 2.61 bits per heavy atom. The first-order valence-electron chi connectivity index (χ1n) is 5.25. The van der Waals surface area contributed by atoms with Crippen molar-refractivity contribution in [2.75, 3.05) is 0 Å². The molecule has 18 heavy (non-hydrogen) atoms. The van der Waals surface area contributed by atoms with Crippen LogP contribution in [0.1, 0.15) is 11.1 Å². The van der Waals surface area contributed by atoms with Crippen molar-refractivity contribution in [2.24, 2.45) is 0 Å². The van der Waals surface area contributed by atoms with Crippen LogP contribution in [0.3, 0.4) is 0 Å². The van der Waals surface area contributed by atoms with Crippen LogP contribution < -0.4 is 4.74 Å². The second kappa shape index (κ2) is 6.03. The second-order valence-corrected chi connectivity index (χ2v) is 5.54. The van der Waals surface area contributed by atoms with Crippen LogP contribution in [0.4, 0.5) is 0 Å². The van der Waals surface area contributed by atoms with E-state index in [1.165, 1.54) is 0 Å². The Hall–Kier alpha value is -1.31. The molecule has 0 spiro atoms. The lowest BCUT2D eigenvalue weighted by atomic mass is 10.2. The largest absolute Gasteiger partial charge is 0.489 e. The number of nitrogens with zero attached hydrogens (tertiary/aromatic N) is 1. The van der Waals surface area contributed by atoms with Crippen LogP contribution in [-0.2, 0) is 6.61 Å². The van der Waals surface area contributed by atoms with E-state index in [1.54, 1.807) is 12.1 Å². The highest BCUT2D eigenvalue weighted by Gasteiger charge is 2.01. The van der Waals surface area contributed by atoms with Gasteiger partial charge >= 0.3 is 0 Å². The van der Waals surface area contributed by atoms with E-state index in [-0.39, 0.29) is 0 Å².